The minimum Gasteiger partial charge on any atom is -0.506 e. The fourth-order valence-electron chi connectivity index (χ4n) is 3.96. The largest absolute Gasteiger partial charge is 0.506 e. The Labute approximate surface area is 156 Å². The number of phenolic OH excluding ortho intramolecular Hbond substituents is 1. The van der Waals surface area contributed by atoms with Gasteiger partial charge < -0.3 is 19.8 Å². The first kappa shape index (κ1) is 19.0. The number of hydrogen-bond acceptors (Lipinski definition) is 5. The third-order valence-corrected chi connectivity index (χ3v) is 5.54. The molecule has 142 valence electrons. The van der Waals surface area contributed by atoms with Crippen LogP contribution in [0.2, 0.25) is 0 Å². The van der Waals surface area contributed by atoms with Crippen LogP contribution >= 0.6 is 0 Å². The molecule has 2 fully saturated rings. The zero-order valence-electron chi connectivity index (χ0n) is 15.4. The van der Waals surface area contributed by atoms with Gasteiger partial charge in [-0.25, -0.2) is 0 Å². The first-order chi connectivity index (χ1) is 12.6. The van der Waals surface area contributed by atoms with E-state index in [1.54, 1.807) is 6.07 Å². The summed E-state index contributed by atoms with van der Waals surface area (Å²) >= 11 is 0. The van der Waals surface area contributed by atoms with Gasteiger partial charge in [-0.3, -0.25) is 4.90 Å². The maximum absolute atomic E-state index is 10.4. The van der Waals surface area contributed by atoms with E-state index < -0.39 is 11.7 Å². The summed E-state index contributed by atoms with van der Waals surface area (Å²) in [6.07, 6.45) is 10.4. The average Bonchev–Trinajstić information content (AvgIpc) is 2.68. The molecule has 26 heavy (non-hydrogen) atoms. The highest BCUT2D eigenvalue weighted by atomic mass is 16.5. The normalized spacial score (nSPS) is 21.9. The van der Waals surface area contributed by atoms with E-state index in [0.717, 1.165) is 57.5 Å². The van der Waals surface area contributed by atoms with E-state index >= 15 is 0 Å². The molecule has 1 aliphatic heterocycles. The second kappa shape index (κ2) is 8.77. The standard InChI is InChI=1S/C21H30N2O3/c1-2-21(10-6-3-7-11-21)26-17-18(24)16-22-12-14-23(15-13-22)19-8-4-5-9-20(19)25/h1,4-5,8-9,18,24-25H,3,6-7,10-17H2. The summed E-state index contributed by atoms with van der Waals surface area (Å²) < 4.78 is 5.97. The van der Waals surface area contributed by atoms with Crippen LogP contribution in [0.3, 0.4) is 0 Å². The molecule has 0 amide bonds. The Hall–Kier alpha value is -1.74. The first-order valence-corrected chi connectivity index (χ1v) is 9.67. The number of piperazine rings is 1. The van der Waals surface area contributed by atoms with E-state index in [1.165, 1.54) is 6.42 Å². The van der Waals surface area contributed by atoms with Crippen molar-refractivity contribution in [2.75, 3.05) is 44.2 Å². The Bertz CT molecular complexity index is 614. The van der Waals surface area contributed by atoms with Crippen molar-refractivity contribution < 1.29 is 14.9 Å². The molecular weight excluding hydrogens is 328 g/mol. The van der Waals surface area contributed by atoms with Gasteiger partial charge in [0.05, 0.1) is 18.4 Å². The minimum absolute atomic E-state index is 0.296. The van der Waals surface area contributed by atoms with Crippen LogP contribution in [-0.4, -0.2) is 66.1 Å². The molecular formula is C21H30N2O3. The van der Waals surface area contributed by atoms with Gasteiger partial charge in [0, 0.05) is 32.7 Å². The Morgan fingerprint density at radius 3 is 2.46 bits per heavy atom. The number of nitrogens with zero attached hydrogens (tertiary/aromatic N) is 2. The van der Waals surface area contributed by atoms with E-state index in [9.17, 15) is 10.2 Å². The number of ether oxygens (including phenoxy) is 1. The van der Waals surface area contributed by atoms with Crippen molar-refractivity contribution in [2.45, 2.75) is 43.8 Å². The summed E-state index contributed by atoms with van der Waals surface area (Å²) in [4.78, 5) is 4.43. The highest BCUT2D eigenvalue weighted by Gasteiger charge is 2.31. The molecule has 1 saturated heterocycles. The van der Waals surface area contributed by atoms with Crippen LogP contribution < -0.4 is 4.90 Å². The molecule has 1 saturated carbocycles. The number of para-hydroxylation sites is 2. The Morgan fingerprint density at radius 1 is 1.12 bits per heavy atom. The van der Waals surface area contributed by atoms with Gasteiger partial charge in [0.25, 0.3) is 0 Å². The average molecular weight is 358 g/mol. The first-order valence-electron chi connectivity index (χ1n) is 9.67. The Balaban J connectivity index is 1.43. The third-order valence-electron chi connectivity index (χ3n) is 5.54. The van der Waals surface area contributed by atoms with Crippen molar-refractivity contribution in [3.05, 3.63) is 24.3 Å². The molecule has 2 aliphatic rings. The summed E-state index contributed by atoms with van der Waals surface area (Å²) in [5.41, 5.74) is 0.409. The van der Waals surface area contributed by atoms with Gasteiger partial charge in [0.2, 0.25) is 0 Å². The molecule has 1 aromatic rings. The van der Waals surface area contributed by atoms with Crippen molar-refractivity contribution in [1.29, 1.82) is 0 Å². The highest BCUT2D eigenvalue weighted by Crippen LogP contribution is 2.31. The van der Waals surface area contributed by atoms with E-state index in [-0.39, 0.29) is 0 Å². The maximum atomic E-state index is 10.4. The summed E-state index contributed by atoms with van der Waals surface area (Å²) in [6.45, 7) is 4.26. The predicted molar refractivity (Wildman–Crippen MR) is 103 cm³/mol. The van der Waals surface area contributed by atoms with Gasteiger partial charge in [0.15, 0.2) is 0 Å². The number of aliphatic hydroxyl groups is 1. The van der Waals surface area contributed by atoms with Crippen LogP contribution in [-0.2, 0) is 4.74 Å². The second-order valence-corrected chi connectivity index (χ2v) is 7.44. The molecule has 1 unspecified atom stereocenters. The van der Waals surface area contributed by atoms with Gasteiger partial charge in [0.1, 0.15) is 11.4 Å². The lowest BCUT2D eigenvalue weighted by atomic mass is 9.85. The van der Waals surface area contributed by atoms with Crippen LogP contribution in [0.5, 0.6) is 5.75 Å². The van der Waals surface area contributed by atoms with Crippen LogP contribution in [0, 0.1) is 12.3 Å². The molecule has 0 spiro atoms. The second-order valence-electron chi connectivity index (χ2n) is 7.44. The van der Waals surface area contributed by atoms with E-state index in [4.69, 9.17) is 11.2 Å². The zero-order chi connectivity index (χ0) is 18.4. The van der Waals surface area contributed by atoms with Crippen molar-refractivity contribution in [2.24, 2.45) is 0 Å². The number of terminal acetylenes is 1. The van der Waals surface area contributed by atoms with Crippen molar-refractivity contribution in [1.82, 2.24) is 4.90 Å². The molecule has 1 heterocycles. The molecule has 1 atom stereocenters. The van der Waals surface area contributed by atoms with Gasteiger partial charge in [-0.15, -0.1) is 6.42 Å². The van der Waals surface area contributed by atoms with Crippen molar-refractivity contribution in [3.8, 4) is 18.1 Å². The van der Waals surface area contributed by atoms with Gasteiger partial charge in [-0.05, 0) is 37.8 Å². The molecule has 0 aromatic heterocycles. The lowest BCUT2D eigenvalue weighted by molar-refractivity contribution is -0.0698. The molecule has 1 aromatic carbocycles. The summed E-state index contributed by atoms with van der Waals surface area (Å²) in [5, 5.41) is 20.4. The Morgan fingerprint density at radius 2 is 1.81 bits per heavy atom. The maximum Gasteiger partial charge on any atom is 0.138 e. The van der Waals surface area contributed by atoms with Crippen LogP contribution in [0.15, 0.2) is 24.3 Å². The number of aromatic hydroxyl groups is 1. The van der Waals surface area contributed by atoms with Crippen LogP contribution in [0.4, 0.5) is 5.69 Å². The predicted octanol–water partition coefficient (Wildman–Crippen LogP) is 2.23. The lowest BCUT2D eigenvalue weighted by Gasteiger charge is -2.38. The number of benzene rings is 1. The van der Waals surface area contributed by atoms with Gasteiger partial charge in [-0.1, -0.05) is 24.5 Å². The molecule has 1 aliphatic carbocycles. The molecule has 0 bridgehead atoms. The van der Waals surface area contributed by atoms with Gasteiger partial charge in [-0.2, -0.15) is 0 Å². The number of rotatable bonds is 6. The Kier molecular flexibility index (Phi) is 6.42. The van der Waals surface area contributed by atoms with Crippen LogP contribution in [0.1, 0.15) is 32.1 Å². The van der Waals surface area contributed by atoms with Crippen molar-refractivity contribution >= 4 is 5.69 Å². The monoisotopic (exact) mass is 358 g/mol. The quantitative estimate of drug-likeness (QED) is 0.764. The summed E-state index contributed by atoms with van der Waals surface area (Å²) in [7, 11) is 0. The molecule has 5 heteroatoms. The molecule has 0 radical (unpaired) electrons. The summed E-state index contributed by atoms with van der Waals surface area (Å²) in [6, 6.07) is 7.43. The third kappa shape index (κ3) is 4.70. The number of aliphatic hydroxyl groups excluding tert-OH is 1. The minimum atomic E-state index is -0.529. The van der Waals surface area contributed by atoms with Gasteiger partial charge >= 0.3 is 0 Å². The molecule has 2 N–H and O–H groups in total. The lowest BCUT2D eigenvalue weighted by Crippen LogP contribution is -2.49. The van der Waals surface area contributed by atoms with Crippen LogP contribution in [0.25, 0.3) is 0 Å². The molecule has 5 nitrogen and oxygen atoms in total. The fourth-order valence-corrected chi connectivity index (χ4v) is 3.96. The number of anilines is 1. The van der Waals surface area contributed by atoms with E-state index in [0.29, 0.717) is 18.9 Å². The number of phenols is 1. The SMILES string of the molecule is C#CC1(OCC(O)CN2CCN(c3ccccc3O)CC2)CCCCC1. The highest BCUT2D eigenvalue weighted by molar-refractivity contribution is 5.57. The van der Waals surface area contributed by atoms with E-state index in [2.05, 4.69) is 15.7 Å². The summed E-state index contributed by atoms with van der Waals surface area (Å²) in [5.74, 6) is 3.15. The zero-order valence-corrected chi connectivity index (χ0v) is 15.4. The molecule has 3 rings (SSSR count). The topological polar surface area (TPSA) is 56.2 Å². The van der Waals surface area contributed by atoms with E-state index in [1.807, 2.05) is 18.2 Å². The number of hydrogen-bond donors (Lipinski definition) is 2. The van der Waals surface area contributed by atoms with Crippen molar-refractivity contribution in [3.63, 3.8) is 0 Å². The fraction of sp³-hybridized carbons (Fsp3) is 0.619. The smallest absolute Gasteiger partial charge is 0.138 e. The number of β-amino-alcohol motifs (C(OH)–C–C–N with tert-alkyl or cyclic N) is 1.